The third-order valence-electron chi connectivity index (χ3n) is 2.85. The van der Waals surface area contributed by atoms with E-state index in [1.165, 1.54) is 0 Å². The van der Waals surface area contributed by atoms with Crippen LogP contribution < -0.4 is 5.73 Å². The van der Waals surface area contributed by atoms with Gasteiger partial charge in [-0.25, -0.2) is 4.98 Å². The van der Waals surface area contributed by atoms with Crippen LogP contribution in [0.4, 0.5) is 5.69 Å². The van der Waals surface area contributed by atoms with Gasteiger partial charge in [0.05, 0.1) is 5.69 Å². The van der Waals surface area contributed by atoms with Gasteiger partial charge in [-0.05, 0) is 24.6 Å². The Morgan fingerprint density at radius 2 is 1.95 bits per heavy atom. The molecule has 5 heteroatoms. The van der Waals surface area contributed by atoms with Crippen molar-refractivity contribution in [2.45, 2.75) is 6.92 Å². The molecule has 0 atom stereocenters. The lowest BCUT2D eigenvalue weighted by molar-refractivity contribution is 0.431. The fourth-order valence-electron chi connectivity index (χ4n) is 1.85. The second-order valence-electron chi connectivity index (χ2n) is 4.18. The number of nitrogen functional groups attached to an aromatic ring is 1. The standard InChI is InChI=1S/C14H12N4O/c1-9-5-2-3-6-10(9)13-17-14(19-18-13)12-11(15)7-4-8-16-12/h2-8H,15H2,1H3. The molecule has 0 saturated heterocycles. The van der Waals surface area contributed by atoms with Crippen LogP contribution in [-0.4, -0.2) is 15.1 Å². The van der Waals surface area contributed by atoms with Gasteiger partial charge in [-0.1, -0.05) is 29.4 Å². The molecule has 2 heterocycles. The van der Waals surface area contributed by atoms with E-state index in [0.717, 1.165) is 11.1 Å². The zero-order chi connectivity index (χ0) is 13.2. The Balaban J connectivity index is 2.06. The smallest absolute Gasteiger partial charge is 0.278 e. The number of aromatic nitrogens is 3. The minimum absolute atomic E-state index is 0.330. The van der Waals surface area contributed by atoms with E-state index in [9.17, 15) is 0 Å². The maximum absolute atomic E-state index is 5.84. The normalized spacial score (nSPS) is 10.6. The number of hydrogen-bond donors (Lipinski definition) is 1. The zero-order valence-electron chi connectivity index (χ0n) is 10.4. The van der Waals surface area contributed by atoms with Crippen LogP contribution in [0.25, 0.3) is 23.0 Å². The van der Waals surface area contributed by atoms with E-state index in [0.29, 0.717) is 23.1 Å². The molecule has 0 aliphatic rings. The lowest BCUT2D eigenvalue weighted by Gasteiger charge is -1.98. The Kier molecular flexibility index (Phi) is 2.72. The Hall–Kier alpha value is -2.69. The van der Waals surface area contributed by atoms with Gasteiger partial charge in [-0.3, -0.25) is 0 Å². The summed E-state index contributed by atoms with van der Waals surface area (Å²) in [6, 6.07) is 11.4. The summed E-state index contributed by atoms with van der Waals surface area (Å²) in [5, 5.41) is 3.98. The zero-order valence-corrected chi connectivity index (χ0v) is 10.4. The number of pyridine rings is 1. The first kappa shape index (κ1) is 11.4. The molecule has 0 unspecified atom stereocenters. The minimum Gasteiger partial charge on any atom is -0.397 e. The molecule has 0 fully saturated rings. The van der Waals surface area contributed by atoms with E-state index in [1.807, 2.05) is 31.2 Å². The SMILES string of the molecule is Cc1ccccc1-c1noc(-c2ncccc2N)n1. The summed E-state index contributed by atoms with van der Waals surface area (Å²) in [6.45, 7) is 2.00. The molecule has 1 aromatic carbocycles. The fourth-order valence-corrected chi connectivity index (χ4v) is 1.85. The fraction of sp³-hybridized carbons (Fsp3) is 0.0714. The molecule has 5 nitrogen and oxygen atoms in total. The van der Waals surface area contributed by atoms with Gasteiger partial charge < -0.3 is 10.3 Å². The minimum atomic E-state index is 0.330. The highest BCUT2D eigenvalue weighted by atomic mass is 16.5. The van der Waals surface area contributed by atoms with Crippen LogP contribution in [0.3, 0.4) is 0 Å². The van der Waals surface area contributed by atoms with Gasteiger partial charge in [0.15, 0.2) is 5.69 Å². The van der Waals surface area contributed by atoms with Crippen molar-refractivity contribution < 1.29 is 4.52 Å². The van der Waals surface area contributed by atoms with E-state index < -0.39 is 0 Å². The molecule has 0 aliphatic heterocycles. The number of aryl methyl sites for hydroxylation is 1. The molecule has 19 heavy (non-hydrogen) atoms. The van der Waals surface area contributed by atoms with Crippen molar-refractivity contribution in [3.8, 4) is 23.0 Å². The van der Waals surface area contributed by atoms with Gasteiger partial charge in [0.25, 0.3) is 5.89 Å². The average molecular weight is 252 g/mol. The largest absolute Gasteiger partial charge is 0.397 e. The first-order valence-corrected chi connectivity index (χ1v) is 5.86. The second-order valence-corrected chi connectivity index (χ2v) is 4.18. The topological polar surface area (TPSA) is 77.8 Å². The molecule has 0 radical (unpaired) electrons. The van der Waals surface area contributed by atoms with E-state index in [1.54, 1.807) is 18.3 Å². The molecular formula is C14H12N4O. The summed E-state index contributed by atoms with van der Waals surface area (Å²) in [6.07, 6.45) is 1.64. The molecule has 3 rings (SSSR count). The van der Waals surface area contributed by atoms with Crippen molar-refractivity contribution in [3.63, 3.8) is 0 Å². The number of benzene rings is 1. The van der Waals surface area contributed by atoms with Crippen molar-refractivity contribution in [2.24, 2.45) is 0 Å². The lowest BCUT2D eigenvalue weighted by Crippen LogP contribution is -1.92. The number of nitrogens with zero attached hydrogens (tertiary/aromatic N) is 3. The predicted octanol–water partition coefficient (Wildman–Crippen LogP) is 2.69. The van der Waals surface area contributed by atoms with E-state index in [2.05, 4.69) is 15.1 Å². The third-order valence-corrected chi connectivity index (χ3v) is 2.85. The number of rotatable bonds is 2. The van der Waals surface area contributed by atoms with Crippen molar-refractivity contribution >= 4 is 5.69 Å². The first-order valence-electron chi connectivity index (χ1n) is 5.86. The van der Waals surface area contributed by atoms with Gasteiger partial charge in [-0.15, -0.1) is 0 Å². The van der Waals surface area contributed by atoms with Gasteiger partial charge in [0.2, 0.25) is 5.82 Å². The highest BCUT2D eigenvalue weighted by Crippen LogP contribution is 2.25. The van der Waals surface area contributed by atoms with Crippen LogP contribution in [-0.2, 0) is 0 Å². The van der Waals surface area contributed by atoms with Gasteiger partial charge in [0.1, 0.15) is 0 Å². The lowest BCUT2D eigenvalue weighted by atomic mass is 10.1. The van der Waals surface area contributed by atoms with Crippen LogP contribution in [0, 0.1) is 6.92 Å². The van der Waals surface area contributed by atoms with Crippen molar-refractivity contribution in [1.82, 2.24) is 15.1 Å². The maximum Gasteiger partial charge on any atom is 0.278 e. The third kappa shape index (κ3) is 2.06. The Labute approximate surface area is 110 Å². The molecule has 2 aromatic heterocycles. The number of anilines is 1. The molecular weight excluding hydrogens is 240 g/mol. The second kappa shape index (κ2) is 4.53. The molecule has 2 N–H and O–H groups in total. The van der Waals surface area contributed by atoms with Gasteiger partial charge in [0, 0.05) is 11.8 Å². The van der Waals surface area contributed by atoms with Crippen molar-refractivity contribution in [1.29, 1.82) is 0 Å². The van der Waals surface area contributed by atoms with Gasteiger partial charge >= 0.3 is 0 Å². The molecule has 0 saturated carbocycles. The van der Waals surface area contributed by atoms with E-state index in [-0.39, 0.29) is 0 Å². The molecule has 0 spiro atoms. The first-order chi connectivity index (χ1) is 9.25. The van der Waals surface area contributed by atoms with Crippen LogP contribution in [0.15, 0.2) is 47.1 Å². The molecule has 0 bridgehead atoms. The highest BCUT2D eigenvalue weighted by molar-refractivity contribution is 5.68. The monoisotopic (exact) mass is 252 g/mol. The Bertz CT molecular complexity index is 661. The average Bonchev–Trinajstić information content (AvgIpc) is 2.89. The molecule has 3 aromatic rings. The Morgan fingerprint density at radius 1 is 1.11 bits per heavy atom. The highest BCUT2D eigenvalue weighted by Gasteiger charge is 2.14. The summed E-state index contributed by atoms with van der Waals surface area (Å²) in [4.78, 5) is 8.51. The maximum atomic E-state index is 5.84. The van der Waals surface area contributed by atoms with E-state index in [4.69, 9.17) is 10.3 Å². The summed E-state index contributed by atoms with van der Waals surface area (Å²) >= 11 is 0. The Morgan fingerprint density at radius 3 is 2.74 bits per heavy atom. The quantitative estimate of drug-likeness (QED) is 0.758. The molecule has 0 aliphatic carbocycles. The predicted molar refractivity (Wildman–Crippen MR) is 72.1 cm³/mol. The van der Waals surface area contributed by atoms with Gasteiger partial charge in [-0.2, -0.15) is 4.98 Å². The summed E-state index contributed by atoms with van der Waals surface area (Å²) in [5.41, 5.74) is 8.89. The van der Waals surface area contributed by atoms with E-state index >= 15 is 0 Å². The van der Waals surface area contributed by atoms with Crippen LogP contribution in [0.5, 0.6) is 0 Å². The summed E-state index contributed by atoms with van der Waals surface area (Å²) in [7, 11) is 0. The number of hydrogen-bond acceptors (Lipinski definition) is 5. The summed E-state index contributed by atoms with van der Waals surface area (Å²) in [5.74, 6) is 0.870. The van der Waals surface area contributed by atoms with Crippen molar-refractivity contribution in [3.05, 3.63) is 48.2 Å². The van der Waals surface area contributed by atoms with Crippen LogP contribution >= 0.6 is 0 Å². The van der Waals surface area contributed by atoms with Crippen LogP contribution in [0.2, 0.25) is 0 Å². The summed E-state index contributed by atoms with van der Waals surface area (Å²) < 4.78 is 5.24. The number of nitrogens with two attached hydrogens (primary N) is 1. The van der Waals surface area contributed by atoms with Crippen molar-refractivity contribution in [2.75, 3.05) is 5.73 Å². The van der Waals surface area contributed by atoms with Crippen LogP contribution in [0.1, 0.15) is 5.56 Å². The molecule has 94 valence electrons. The molecule has 0 amide bonds.